The first kappa shape index (κ1) is 20.1. The molecule has 3 aromatic rings. The molecule has 1 saturated heterocycles. The number of H-pyrrole nitrogens is 1. The monoisotopic (exact) mass is 396 g/mol. The van der Waals surface area contributed by atoms with Crippen LogP contribution in [-0.2, 0) is 5.60 Å². The smallest absolute Gasteiger partial charge is 0.123 e. The van der Waals surface area contributed by atoms with Gasteiger partial charge in [0.25, 0.3) is 0 Å². The molecule has 2 heterocycles. The number of rotatable bonds is 4. The SMILES string of the molecule is Cc1ccc2c([C@H](O)CN3CCC[C@@](O)(c4ccc(F)cc4)CC3)c(C)[nH]c2c1. The van der Waals surface area contributed by atoms with Gasteiger partial charge in [-0.05, 0) is 69.0 Å². The topological polar surface area (TPSA) is 59.5 Å². The molecule has 2 aromatic carbocycles. The van der Waals surface area contributed by atoms with Crippen molar-refractivity contribution in [2.24, 2.45) is 0 Å². The van der Waals surface area contributed by atoms with E-state index in [2.05, 4.69) is 35.0 Å². The van der Waals surface area contributed by atoms with E-state index in [1.54, 1.807) is 12.1 Å². The predicted molar refractivity (Wildman–Crippen MR) is 113 cm³/mol. The number of aromatic amines is 1. The quantitative estimate of drug-likeness (QED) is 0.615. The summed E-state index contributed by atoms with van der Waals surface area (Å²) < 4.78 is 13.2. The summed E-state index contributed by atoms with van der Waals surface area (Å²) in [6.45, 7) is 6.10. The van der Waals surface area contributed by atoms with E-state index >= 15 is 0 Å². The number of fused-ring (bicyclic) bond motifs is 1. The van der Waals surface area contributed by atoms with Crippen LogP contribution in [0.4, 0.5) is 4.39 Å². The molecule has 1 fully saturated rings. The minimum Gasteiger partial charge on any atom is -0.387 e. The molecule has 4 rings (SSSR count). The third-order valence-corrected chi connectivity index (χ3v) is 6.24. The van der Waals surface area contributed by atoms with Gasteiger partial charge in [0.05, 0.1) is 11.7 Å². The van der Waals surface area contributed by atoms with Crippen molar-refractivity contribution in [3.63, 3.8) is 0 Å². The maximum absolute atomic E-state index is 13.2. The van der Waals surface area contributed by atoms with Crippen LogP contribution in [0.2, 0.25) is 0 Å². The summed E-state index contributed by atoms with van der Waals surface area (Å²) in [7, 11) is 0. The number of hydrogen-bond acceptors (Lipinski definition) is 3. The lowest BCUT2D eigenvalue weighted by Gasteiger charge is -2.28. The van der Waals surface area contributed by atoms with Gasteiger partial charge in [0.1, 0.15) is 5.82 Å². The van der Waals surface area contributed by atoms with Gasteiger partial charge < -0.3 is 20.1 Å². The number of aromatic nitrogens is 1. The first-order valence-corrected chi connectivity index (χ1v) is 10.3. The maximum Gasteiger partial charge on any atom is 0.123 e. The Hall–Kier alpha value is -2.21. The zero-order valence-corrected chi connectivity index (χ0v) is 17.1. The van der Waals surface area contributed by atoms with Crippen LogP contribution in [0.1, 0.15) is 47.8 Å². The number of aryl methyl sites for hydroxylation is 2. The molecular weight excluding hydrogens is 367 g/mol. The summed E-state index contributed by atoms with van der Waals surface area (Å²) in [4.78, 5) is 5.61. The maximum atomic E-state index is 13.2. The van der Waals surface area contributed by atoms with E-state index in [-0.39, 0.29) is 5.82 Å². The second-order valence-electron chi connectivity index (χ2n) is 8.42. The van der Waals surface area contributed by atoms with Crippen LogP contribution in [0, 0.1) is 19.7 Å². The van der Waals surface area contributed by atoms with Gasteiger partial charge in [0, 0.05) is 35.2 Å². The standard InChI is InChI=1S/C24H29FN2O2/c1-16-4-9-20-21(14-16)26-17(2)23(20)22(28)15-27-12-3-10-24(29,11-13-27)18-5-7-19(25)8-6-18/h4-9,14,22,26,28-29H,3,10-13,15H2,1-2H3/t22-,24+/m1/s1. The molecule has 0 unspecified atom stereocenters. The zero-order chi connectivity index (χ0) is 20.6. The van der Waals surface area contributed by atoms with Crippen molar-refractivity contribution in [2.75, 3.05) is 19.6 Å². The molecule has 1 aliphatic heterocycles. The number of nitrogens with one attached hydrogen (secondary N) is 1. The highest BCUT2D eigenvalue weighted by Gasteiger charge is 2.32. The number of aliphatic hydroxyl groups excluding tert-OH is 1. The van der Waals surface area contributed by atoms with Crippen LogP contribution < -0.4 is 0 Å². The Morgan fingerprint density at radius 1 is 1.10 bits per heavy atom. The molecule has 0 amide bonds. The van der Waals surface area contributed by atoms with Crippen molar-refractivity contribution < 1.29 is 14.6 Å². The van der Waals surface area contributed by atoms with E-state index in [1.165, 1.54) is 17.7 Å². The van der Waals surface area contributed by atoms with Crippen molar-refractivity contribution in [2.45, 2.75) is 44.8 Å². The second-order valence-corrected chi connectivity index (χ2v) is 8.42. The van der Waals surface area contributed by atoms with Gasteiger partial charge in [-0.1, -0.05) is 24.3 Å². The lowest BCUT2D eigenvalue weighted by atomic mass is 9.87. The van der Waals surface area contributed by atoms with Gasteiger partial charge in [0.15, 0.2) is 0 Å². The van der Waals surface area contributed by atoms with Crippen LogP contribution in [0.3, 0.4) is 0 Å². The highest BCUT2D eigenvalue weighted by atomic mass is 19.1. The van der Waals surface area contributed by atoms with Gasteiger partial charge in [-0.3, -0.25) is 0 Å². The van der Waals surface area contributed by atoms with Crippen molar-refractivity contribution >= 4 is 10.9 Å². The molecule has 0 bridgehead atoms. The number of likely N-dealkylation sites (tertiary alicyclic amines) is 1. The molecule has 5 heteroatoms. The average molecular weight is 397 g/mol. The van der Waals surface area contributed by atoms with Crippen LogP contribution in [0.15, 0.2) is 42.5 Å². The van der Waals surface area contributed by atoms with E-state index in [1.807, 2.05) is 6.92 Å². The Morgan fingerprint density at radius 2 is 1.86 bits per heavy atom. The molecule has 1 aliphatic rings. The van der Waals surface area contributed by atoms with Crippen LogP contribution in [-0.4, -0.2) is 39.7 Å². The van der Waals surface area contributed by atoms with Gasteiger partial charge >= 0.3 is 0 Å². The summed E-state index contributed by atoms with van der Waals surface area (Å²) in [6, 6.07) is 12.4. The molecule has 0 saturated carbocycles. The second kappa shape index (κ2) is 7.90. The fourth-order valence-corrected chi connectivity index (χ4v) is 4.64. The first-order chi connectivity index (χ1) is 13.9. The summed E-state index contributed by atoms with van der Waals surface area (Å²) >= 11 is 0. The Bertz CT molecular complexity index is 998. The Morgan fingerprint density at radius 3 is 2.62 bits per heavy atom. The molecule has 154 valence electrons. The van der Waals surface area contributed by atoms with E-state index < -0.39 is 11.7 Å². The number of benzene rings is 2. The molecule has 1 aromatic heterocycles. The highest BCUT2D eigenvalue weighted by molar-refractivity contribution is 5.85. The minimum atomic E-state index is -0.943. The van der Waals surface area contributed by atoms with Gasteiger partial charge in [0.2, 0.25) is 0 Å². The minimum absolute atomic E-state index is 0.292. The van der Waals surface area contributed by atoms with Crippen molar-refractivity contribution in [3.05, 3.63) is 70.7 Å². The number of β-amino-alcohol motifs (C(OH)–C–C–N with tert-alkyl or cyclic N) is 1. The lowest BCUT2D eigenvalue weighted by Crippen LogP contribution is -2.32. The van der Waals surface area contributed by atoms with Gasteiger partial charge in [-0.2, -0.15) is 0 Å². The molecule has 3 N–H and O–H groups in total. The van der Waals surface area contributed by atoms with Gasteiger partial charge in [-0.15, -0.1) is 0 Å². The summed E-state index contributed by atoms with van der Waals surface area (Å²) in [5, 5.41) is 23.2. The molecule has 29 heavy (non-hydrogen) atoms. The van der Waals surface area contributed by atoms with E-state index in [9.17, 15) is 14.6 Å². The van der Waals surface area contributed by atoms with Crippen LogP contribution in [0.5, 0.6) is 0 Å². The lowest BCUT2D eigenvalue weighted by molar-refractivity contribution is 0.0194. The summed E-state index contributed by atoms with van der Waals surface area (Å²) in [5.74, 6) is -0.292. The van der Waals surface area contributed by atoms with Crippen LogP contribution in [0.25, 0.3) is 10.9 Å². The number of aliphatic hydroxyl groups is 2. The molecule has 4 nitrogen and oxygen atoms in total. The van der Waals surface area contributed by atoms with Crippen molar-refractivity contribution in [1.29, 1.82) is 0 Å². The Labute approximate surface area is 171 Å². The molecule has 2 atom stereocenters. The van der Waals surface area contributed by atoms with E-state index in [4.69, 9.17) is 0 Å². The van der Waals surface area contributed by atoms with Crippen LogP contribution >= 0.6 is 0 Å². The molecule has 0 spiro atoms. The first-order valence-electron chi connectivity index (χ1n) is 10.3. The number of hydrogen-bond donors (Lipinski definition) is 3. The van der Waals surface area contributed by atoms with E-state index in [0.717, 1.165) is 40.7 Å². The highest BCUT2D eigenvalue weighted by Crippen LogP contribution is 2.34. The third kappa shape index (κ3) is 4.08. The van der Waals surface area contributed by atoms with Crippen molar-refractivity contribution in [3.8, 4) is 0 Å². The van der Waals surface area contributed by atoms with Gasteiger partial charge in [-0.25, -0.2) is 4.39 Å². The molecule has 0 aliphatic carbocycles. The fourth-order valence-electron chi connectivity index (χ4n) is 4.64. The average Bonchev–Trinajstić information content (AvgIpc) is 2.88. The normalized spacial score (nSPS) is 22.0. The number of halogens is 1. The molecular formula is C24H29FN2O2. The Kier molecular flexibility index (Phi) is 5.47. The summed E-state index contributed by atoms with van der Waals surface area (Å²) in [5.41, 5.74) is 4.02. The van der Waals surface area contributed by atoms with E-state index in [0.29, 0.717) is 25.9 Å². The largest absolute Gasteiger partial charge is 0.387 e. The zero-order valence-electron chi connectivity index (χ0n) is 17.1. The summed E-state index contributed by atoms with van der Waals surface area (Å²) in [6.07, 6.45) is 1.43. The molecule has 0 radical (unpaired) electrons. The number of nitrogens with zero attached hydrogens (tertiary/aromatic N) is 1. The van der Waals surface area contributed by atoms with Crippen molar-refractivity contribution in [1.82, 2.24) is 9.88 Å². The Balaban J connectivity index is 1.48. The third-order valence-electron chi connectivity index (χ3n) is 6.24. The fraction of sp³-hybridized carbons (Fsp3) is 0.417. The predicted octanol–water partition coefficient (Wildman–Crippen LogP) is 4.33.